The van der Waals surface area contributed by atoms with Crippen molar-refractivity contribution in [3.05, 3.63) is 78.5 Å². The Bertz CT molecular complexity index is 1730. The lowest BCUT2D eigenvalue weighted by Crippen LogP contribution is -2.35. The summed E-state index contributed by atoms with van der Waals surface area (Å²) in [6.45, 7) is 0.297. The van der Waals surface area contributed by atoms with Crippen molar-refractivity contribution in [2.75, 3.05) is 24.4 Å². The number of carbonyl (C=O) groups excluding carboxylic acids is 3. The molecule has 0 unspecified atom stereocenters. The summed E-state index contributed by atoms with van der Waals surface area (Å²) in [5.74, 6) is -1.76. The number of hydroxylamine groups is 1. The van der Waals surface area contributed by atoms with Crippen molar-refractivity contribution in [1.29, 1.82) is 0 Å². The zero-order chi connectivity index (χ0) is 32.0. The number of nitrogens with one attached hydrogen (secondary N) is 3. The molecule has 0 bridgehead atoms. The van der Waals surface area contributed by atoms with Gasteiger partial charge in [0, 0.05) is 41.5 Å². The van der Waals surface area contributed by atoms with Crippen molar-refractivity contribution in [1.82, 2.24) is 10.5 Å². The molecule has 4 aromatic rings. The summed E-state index contributed by atoms with van der Waals surface area (Å²) in [6, 6.07) is 14.0. The molecule has 0 saturated heterocycles. The summed E-state index contributed by atoms with van der Waals surface area (Å²) in [5, 5.41) is 14.3. The zero-order valence-corrected chi connectivity index (χ0v) is 24.2. The highest BCUT2D eigenvalue weighted by Crippen LogP contribution is 2.47. The molecule has 1 saturated carbocycles. The molecule has 1 heterocycles. The van der Waals surface area contributed by atoms with Crippen LogP contribution >= 0.6 is 0 Å². The second-order valence-electron chi connectivity index (χ2n) is 10.4. The molecule has 0 spiro atoms. The number of carbonyl (C=O) groups is 3. The third kappa shape index (κ3) is 7.27. The molecule has 3 aromatic carbocycles. The minimum absolute atomic E-state index is 0.109. The smallest absolute Gasteiger partial charge is 0.243 e. The van der Waals surface area contributed by atoms with Crippen LogP contribution in [0.25, 0.3) is 10.9 Å². The Balaban J connectivity index is 1.25. The molecule has 1 aromatic heterocycles. The second-order valence-corrected chi connectivity index (χ2v) is 10.4. The Morgan fingerprint density at radius 3 is 2.24 bits per heavy atom. The minimum atomic E-state index is -1.30. The molecular weight excluding hydrogens is 590 g/mol. The number of unbranched alkanes of at least 4 members (excludes halogenated alkanes) is 1. The van der Waals surface area contributed by atoms with Crippen LogP contribution in [0.1, 0.15) is 32.1 Å². The molecule has 13 heteroatoms. The average Bonchev–Trinajstić information content (AvgIpc) is 3.85. The standard InChI is InChI=1S/C32H30F2N4O7/c1-43-27-17-22-24(18-28(27)44-15-3-2-4-29(39)38-42)35-14-11-25(22)45-26-10-9-21(16-23(26)34)37-31(41)32(12-13-32)30(40)36-20-7-5-19(33)6-8-20/h5-11,14,16-18,42H,2-4,12-13,15H2,1H3,(H,36,40)(H,37,41)(H,38,39). The predicted molar refractivity (Wildman–Crippen MR) is 159 cm³/mol. The lowest BCUT2D eigenvalue weighted by Gasteiger charge is -2.16. The van der Waals surface area contributed by atoms with Gasteiger partial charge in [0.15, 0.2) is 23.1 Å². The number of fused-ring (bicyclic) bond motifs is 1. The number of rotatable bonds is 13. The van der Waals surface area contributed by atoms with Crippen molar-refractivity contribution in [3.8, 4) is 23.0 Å². The van der Waals surface area contributed by atoms with E-state index in [1.807, 2.05) is 0 Å². The van der Waals surface area contributed by atoms with Gasteiger partial charge in [0.2, 0.25) is 17.7 Å². The van der Waals surface area contributed by atoms with Gasteiger partial charge in [-0.2, -0.15) is 0 Å². The van der Waals surface area contributed by atoms with Gasteiger partial charge in [-0.05, 0) is 74.2 Å². The molecule has 0 aliphatic heterocycles. The highest BCUT2D eigenvalue weighted by atomic mass is 19.1. The Kier molecular flexibility index (Phi) is 9.38. The highest BCUT2D eigenvalue weighted by molar-refractivity contribution is 6.16. The number of pyridine rings is 1. The van der Waals surface area contributed by atoms with Crippen LogP contribution in [0.4, 0.5) is 20.2 Å². The van der Waals surface area contributed by atoms with E-state index in [4.69, 9.17) is 19.4 Å². The maximum atomic E-state index is 15.2. The number of nitrogens with zero attached hydrogens (tertiary/aromatic N) is 1. The molecule has 3 amide bonds. The van der Waals surface area contributed by atoms with Crippen molar-refractivity contribution in [2.24, 2.45) is 5.41 Å². The van der Waals surface area contributed by atoms with Crippen LogP contribution in [0.3, 0.4) is 0 Å². The van der Waals surface area contributed by atoms with E-state index in [1.165, 1.54) is 49.7 Å². The molecule has 4 N–H and O–H groups in total. The van der Waals surface area contributed by atoms with E-state index in [0.29, 0.717) is 66.1 Å². The van der Waals surface area contributed by atoms with Crippen molar-refractivity contribution in [2.45, 2.75) is 32.1 Å². The van der Waals surface area contributed by atoms with E-state index in [9.17, 15) is 18.8 Å². The third-order valence-electron chi connectivity index (χ3n) is 7.30. The van der Waals surface area contributed by atoms with E-state index in [0.717, 1.165) is 6.07 Å². The molecule has 1 aliphatic carbocycles. The Morgan fingerprint density at radius 1 is 0.867 bits per heavy atom. The lowest BCUT2D eigenvalue weighted by atomic mass is 10.0. The van der Waals surface area contributed by atoms with Crippen LogP contribution in [0.5, 0.6) is 23.0 Å². The van der Waals surface area contributed by atoms with Crippen LogP contribution in [-0.4, -0.2) is 41.6 Å². The SMILES string of the molecule is COc1cc2c(Oc3ccc(NC(=O)C4(C(=O)Nc5ccc(F)cc5)CC4)cc3F)ccnc2cc1OCCCCC(=O)NO. The number of halogens is 2. The molecule has 1 aliphatic rings. The summed E-state index contributed by atoms with van der Waals surface area (Å²) >= 11 is 0. The van der Waals surface area contributed by atoms with Gasteiger partial charge in [-0.25, -0.2) is 14.3 Å². The second kappa shape index (κ2) is 13.6. The quantitative estimate of drug-likeness (QED) is 0.0642. The number of benzene rings is 3. The maximum absolute atomic E-state index is 15.2. The predicted octanol–water partition coefficient (Wildman–Crippen LogP) is 5.73. The largest absolute Gasteiger partial charge is 0.493 e. The van der Waals surface area contributed by atoms with Gasteiger partial charge in [0.05, 0.1) is 19.2 Å². The first kappa shape index (κ1) is 31.1. The molecule has 0 atom stereocenters. The normalized spacial score (nSPS) is 13.1. The van der Waals surface area contributed by atoms with Crippen LogP contribution in [-0.2, 0) is 14.4 Å². The summed E-state index contributed by atoms with van der Waals surface area (Å²) in [6.07, 6.45) is 3.39. The fourth-order valence-corrected chi connectivity index (χ4v) is 4.61. The Labute approximate surface area is 256 Å². The molecule has 234 valence electrons. The van der Waals surface area contributed by atoms with Crippen molar-refractivity contribution >= 4 is 40.0 Å². The van der Waals surface area contributed by atoms with Gasteiger partial charge in [0.25, 0.3) is 0 Å². The monoisotopic (exact) mass is 620 g/mol. The summed E-state index contributed by atoms with van der Waals surface area (Å²) in [7, 11) is 1.47. The number of ether oxygens (including phenoxy) is 3. The molecule has 1 fully saturated rings. The number of hydrogen-bond donors (Lipinski definition) is 4. The Hall–Kier alpha value is -5.30. The van der Waals surface area contributed by atoms with Gasteiger partial charge < -0.3 is 24.8 Å². The molecule has 11 nitrogen and oxygen atoms in total. The minimum Gasteiger partial charge on any atom is -0.493 e. The fourth-order valence-electron chi connectivity index (χ4n) is 4.61. The summed E-state index contributed by atoms with van der Waals surface area (Å²) in [5.41, 5.74) is 1.29. The lowest BCUT2D eigenvalue weighted by molar-refractivity contribution is -0.131. The first-order valence-electron chi connectivity index (χ1n) is 14.1. The van der Waals surface area contributed by atoms with Crippen LogP contribution in [0, 0.1) is 17.0 Å². The van der Waals surface area contributed by atoms with Crippen molar-refractivity contribution < 1.29 is 42.6 Å². The van der Waals surface area contributed by atoms with E-state index < -0.39 is 34.8 Å². The topological polar surface area (TPSA) is 148 Å². The number of amides is 3. The third-order valence-corrected chi connectivity index (χ3v) is 7.30. The first-order valence-corrected chi connectivity index (χ1v) is 14.1. The van der Waals surface area contributed by atoms with E-state index >= 15 is 4.39 Å². The van der Waals surface area contributed by atoms with Crippen LogP contribution in [0.2, 0.25) is 0 Å². The van der Waals surface area contributed by atoms with Gasteiger partial charge in [0.1, 0.15) is 17.0 Å². The molecule has 5 rings (SSSR count). The van der Waals surface area contributed by atoms with Gasteiger partial charge in [-0.15, -0.1) is 0 Å². The number of anilines is 2. The summed E-state index contributed by atoms with van der Waals surface area (Å²) in [4.78, 5) is 41.3. The molecule has 0 radical (unpaired) electrons. The van der Waals surface area contributed by atoms with Gasteiger partial charge >= 0.3 is 0 Å². The maximum Gasteiger partial charge on any atom is 0.243 e. The fraction of sp³-hybridized carbons (Fsp3) is 0.250. The van der Waals surface area contributed by atoms with E-state index in [-0.39, 0.29) is 17.9 Å². The van der Waals surface area contributed by atoms with Crippen LogP contribution < -0.4 is 30.3 Å². The summed E-state index contributed by atoms with van der Waals surface area (Å²) < 4.78 is 45.5. The van der Waals surface area contributed by atoms with Gasteiger partial charge in [-0.1, -0.05) is 0 Å². The molecule has 45 heavy (non-hydrogen) atoms. The first-order chi connectivity index (χ1) is 21.7. The average molecular weight is 621 g/mol. The van der Waals surface area contributed by atoms with Crippen molar-refractivity contribution in [3.63, 3.8) is 0 Å². The number of methoxy groups -OCH3 is 1. The van der Waals surface area contributed by atoms with Crippen LogP contribution in [0.15, 0.2) is 66.9 Å². The highest BCUT2D eigenvalue weighted by Gasteiger charge is 2.56. The van der Waals surface area contributed by atoms with Gasteiger partial charge in [-0.3, -0.25) is 24.6 Å². The van der Waals surface area contributed by atoms with E-state index in [2.05, 4.69) is 15.6 Å². The molecular formula is C32H30F2N4O7. The number of aromatic nitrogens is 1. The Morgan fingerprint density at radius 2 is 1.58 bits per heavy atom. The zero-order valence-electron chi connectivity index (χ0n) is 24.2. The van der Waals surface area contributed by atoms with E-state index in [1.54, 1.807) is 23.7 Å². The number of hydrogen-bond acceptors (Lipinski definition) is 8.